The van der Waals surface area contributed by atoms with E-state index in [-0.39, 0.29) is 11.8 Å². The van der Waals surface area contributed by atoms with Gasteiger partial charge in [0.15, 0.2) is 0 Å². The molecule has 3 heterocycles. The van der Waals surface area contributed by atoms with Crippen LogP contribution < -0.4 is 10.2 Å². The molecule has 3 rings (SSSR count). The Hall–Kier alpha value is -2.41. The Balaban J connectivity index is 2.00. The number of hydrazone groups is 1. The molecule has 0 aromatic carbocycles. The third-order valence-electron chi connectivity index (χ3n) is 4.32. The van der Waals surface area contributed by atoms with E-state index in [0.29, 0.717) is 18.9 Å². The van der Waals surface area contributed by atoms with E-state index in [1.54, 1.807) is 0 Å². The maximum atomic E-state index is 11.5. The molecule has 1 unspecified atom stereocenters. The summed E-state index contributed by atoms with van der Waals surface area (Å²) >= 11 is 0. The van der Waals surface area contributed by atoms with E-state index in [0.717, 1.165) is 35.5 Å². The van der Waals surface area contributed by atoms with Gasteiger partial charge in [0.25, 0.3) is 0 Å². The fourth-order valence-electron chi connectivity index (χ4n) is 2.91. The number of hydrogen-bond acceptors (Lipinski definition) is 5. The van der Waals surface area contributed by atoms with Crippen LogP contribution >= 0.6 is 0 Å². The molecule has 1 N–H and O–H groups in total. The lowest BCUT2D eigenvalue weighted by Crippen LogP contribution is -2.32. The van der Waals surface area contributed by atoms with Crippen LogP contribution in [0.4, 0.5) is 0 Å². The zero-order chi connectivity index (χ0) is 18.0. The summed E-state index contributed by atoms with van der Waals surface area (Å²) in [6.07, 6.45) is 1.29. The van der Waals surface area contributed by atoms with Gasteiger partial charge in [0.1, 0.15) is 6.61 Å². The van der Waals surface area contributed by atoms with Crippen molar-refractivity contribution < 1.29 is 9.53 Å². The summed E-state index contributed by atoms with van der Waals surface area (Å²) in [5, 5.41) is 8.95. The predicted molar refractivity (Wildman–Crippen MR) is 97.1 cm³/mol. The van der Waals surface area contributed by atoms with Gasteiger partial charge in [0.05, 0.1) is 16.9 Å². The fraction of sp³-hybridized carbons (Fsp3) is 0.500. The zero-order valence-electron chi connectivity index (χ0n) is 15.2. The third-order valence-corrected chi connectivity index (χ3v) is 4.32. The Morgan fingerprint density at radius 3 is 2.88 bits per heavy atom. The molecule has 0 radical (unpaired) electrons. The number of aromatic nitrogens is 2. The predicted octanol–water partition coefficient (Wildman–Crippen LogP) is 1.70. The molecule has 0 fully saturated rings. The van der Waals surface area contributed by atoms with Crippen molar-refractivity contribution in [3.63, 3.8) is 0 Å². The first-order valence-electron chi connectivity index (χ1n) is 8.65. The van der Waals surface area contributed by atoms with Crippen molar-refractivity contribution in [3.8, 4) is 5.88 Å². The molecule has 7 heteroatoms. The van der Waals surface area contributed by atoms with Gasteiger partial charge in [-0.15, -0.1) is 0 Å². The highest BCUT2D eigenvalue weighted by atomic mass is 16.5. The minimum Gasteiger partial charge on any atom is -0.476 e. The maximum Gasteiger partial charge on any atom is 0.240 e. The van der Waals surface area contributed by atoms with E-state index in [4.69, 9.17) is 4.74 Å². The lowest BCUT2D eigenvalue weighted by molar-refractivity contribution is -0.121. The van der Waals surface area contributed by atoms with Gasteiger partial charge >= 0.3 is 0 Å². The van der Waals surface area contributed by atoms with Gasteiger partial charge in [-0.25, -0.2) is 9.94 Å². The Kier molecular flexibility index (Phi) is 5.03. The molecule has 134 valence electrons. The van der Waals surface area contributed by atoms with Crippen LogP contribution in [0, 0.1) is 5.92 Å². The number of likely N-dealkylation sites (N-methyl/N-ethyl adjacent to an activating group) is 1. The van der Waals surface area contributed by atoms with Crippen LogP contribution in [0.3, 0.4) is 0 Å². The van der Waals surface area contributed by atoms with Gasteiger partial charge < -0.3 is 9.64 Å². The van der Waals surface area contributed by atoms with Crippen LogP contribution in [0.15, 0.2) is 23.3 Å². The number of hydrogen-bond donors (Lipinski definition) is 1. The number of nitrogens with one attached hydrogen (secondary N) is 1. The highest BCUT2D eigenvalue weighted by Gasteiger charge is 2.24. The SMILES string of the molecule is CCc1cc2c(C3=NNC(=O)CC3C)ccc(OCCN(C)C)n2n1. The second kappa shape index (κ2) is 7.23. The maximum absolute atomic E-state index is 11.5. The van der Waals surface area contributed by atoms with Crippen LogP contribution in [-0.4, -0.2) is 53.4 Å². The molecule has 0 bridgehead atoms. The quantitative estimate of drug-likeness (QED) is 0.866. The lowest BCUT2D eigenvalue weighted by atomic mass is 9.94. The van der Waals surface area contributed by atoms with Crippen LogP contribution in [0.1, 0.15) is 31.5 Å². The van der Waals surface area contributed by atoms with Crippen molar-refractivity contribution in [1.29, 1.82) is 0 Å². The summed E-state index contributed by atoms with van der Waals surface area (Å²) in [6, 6.07) is 6.00. The molecule has 7 nitrogen and oxygen atoms in total. The van der Waals surface area contributed by atoms with Crippen molar-refractivity contribution in [3.05, 3.63) is 29.5 Å². The second-order valence-corrected chi connectivity index (χ2v) is 6.66. The molecule has 1 atom stereocenters. The lowest BCUT2D eigenvalue weighted by Gasteiger charge is -2.20. The fourth-order valence-corrected chi connectivity index (χ4v) is 2.91. The molecule has 0 aliphatic carbocycles. The number of aryl methyl sites for hydroxylation is 1. The monoisotopic (exact) mass is 343 g/mol. The highest BCUT2D eigenvalue weighted by molar-refractivity contribution is 6.10. The van der Waals surface area contributed by atoms with Gasteiger partial charge in [-0.1, -0.05) is 13.8 Å². The van der Waals surface area contributed by atoms with E-state index in [1.807, 2.05) is 37.7 Å². The zero-order valence-corrected chi connectivity index (χ0v) is 15.2. The summed E-state index contributed by atoms with van der Waals surface area (Å²) in [5.41, 5.74) is 6.42. The Labute approximate surface area is 147 Å². The van der Waals surface area contributed by atoms with Gasteiger partial charge in [-0.2, -0.15) is 10.2 Å². The number of pyridine rings is 1. The highest BCUT2D eigenvalue weighted by Crippen LogP contribution is 2.25. The van der Waals surface area contributed by atoms with Crippen LogP contribution in [0.25, 0.3) is 5.52 Å². The topological polar surface area (TPSA) is 71.2 Å². The minimum absolute atomic E-state index is 0.0429. The molecular formula is C18H25N5O2. The number of ether oxygens (including phenoxy) is 1. The van der Waals surface area contributed by atoms with Gasteiger partial charge in [0, 0.05) is 30.5 Å². The molecule has 0 spiro atoms. The van der Waals surface area contributed by atoms with E-state index < -0.39 is 0 Å². The summed E-state index contributed by atoms with van der Waals surface area (Å²) in [6.45, 7) is 5.53. The third kappa shape index (κ3) is 3.66. The number of nitrogens with zero attached hydrogens (tertiary/aromatic N) is 4. The average molecular weight is 343 g/mol. The van der Waals surface area contributed by atoms with Crippen molar-refractivity contribution >= 4 is 17.1 Å². The van der Waals surface area contributed by atoms with E-state index >= 15 is 0 Å². The summed E-state index contributed by atoms with van der Waals surface area (Å²) in [4.78, 5) is 13.6. The summed E-state index contributed by atoms with van der Waals surface area (Å²) in [5.74, 6) is 0.741. The van der Waals surface area contributed by atoms with Crippen LogP contribution in [0.2, 0.25) is 0 Å². The van der Waals surface area contributed by atoms with Crippen LogP contribution in [0.5, 0.6) is 5.88 Å². The Bertz CT molecular complexity index is 809. The first-order chi connectivity index (χ1) is 12.0. The normalized spacial score (nSPS) is 17.7. The molecule has 1 amide bonds. The van der Waals surface area contributed by atoms with Gasteiger partial charge in [0.2, 0.25) is 11.8 Å². The number of amides is 1. The largest absolute Gasteiger partial charge is 0.476 e. The first kappa shape index (κ1) is 17.4. The van der Waals surface area contributed by atoms with Crippen LogP contribution in [-0.2, 0) is 11.2 Å². The van der Waals surface area contributed by atoms with Gasteiger partial charge in [-0.3, -0.25) is 4.79 Å². The molecular weight excluding hydrogens is 318 g/mol. The van der Waals surface area contributed by atoms with Gasteiger partial charge in [-0.05, 0) is 32.6 Å². The smallest absolute Gasteiger partial charge is 0.240 e. The summed E-state index contributed by atoms with van der Waals surface area (Å²) in [7, 11) is 4.03. The number of rotatable bonds is 6. The molecule has 1 aliphatic rings. The molecule has 1 aliphatic heterocycles. The molecule has 25 heavy (non-hydrogen) atoms. The average Bonchev–Trinajstić information content (AvgIpc) is 3.00. The standard InChI is InChI=1S/C18H25N5O2/c1-5-13-11-15-14(18-12(2)10-16(24)19-20-18)6-7-17(23(15)21-13)25-9-8-22(3)4/h6-7,11-12H,5,8-10H2,1-4H3,(H,19,24). The Morgan fingerprint density at radius 1 is 1.40 bits per heavy atom. The first-order valence-corrected chi connectivity index (χ1v) is 8.65. The molecule has 0 saturated heterocycles. The second-order valence-electron chi connectivity index (χ2n) is 6.66. The molecule has 2 aromatic rings. The van der Waals surface area contributed by atoms with Crippen molar-refractivity contribution in [2.45, 2.75) is 26.7 Å². The van der Waals surface area contributed by atoms with Crippen molar-refractivity contribution in [2.75, 3.05) is 27.2 Å². The van der Waals surface area contributed by atoms with Crippen molar-refractivity contribution in [1.82, 2.24) is 19.9 Å². The molecule has 2 aromatic heterocycles. The van der Waals surface area contributed by atoms with E-state index in [1.165, 1.54) is 0 Å². The summed E-state index contributed by atoms with van der Waals surface area (Å²) < 4.78 is 7.77. The molecule has 0 saturated carbocycles. The number of carbonyl (C=O) groups excluding carboxylic acids is 1. The number of carbonyl (C=O) groups is 1. The van der Waals surface area contributed by atoms with Crippen molar-refractivity contribution in [2.24, 2.45) is 11.0 Å². The van der Waals surface area contributed by atoms with E-state index in [9.17, 15) is 4.79 Å². The minimum atomic E-state index is -0.0429. The van der Waals surface area contributed by atoms with E-state index in [2.05, 4.69) is 33.5 Å². The Morgan fingerprint density at radius 2 is 2.20 bits per heavy atom. The number of fused-ring (bicyclic) bond motifs is 1.